The lowest BCUT2D eigenvalue weighted by Gasteiger charge is -2.07. The Morgan fingerprint density at radius 3 is 2.90 bits per heavy atom. The predicted molar refractivity (Wildman–Crippen MR) is 84.1 cm³/mol. The minimum absolute atomic E-state index is 0.272. The van der Waals surface area contributed by atoms with E-state index in [1.807, 2.05) is 6.07 Å². The number of aromatic carboxylic acids is 1. The van der Waals surface area contributed by atoms with Gasteiger partial charge in [-0.25, -0.2) is 9.78 Å². The Morgan fingerprint density at radius 1 is 1.38 bits per heavy atom. The van der Waals surface area contributed by atoms with Crippen LogP contribution in [0.2, 0.25) is 0 Å². The molecule has 0 atom stereocenters. The zero-order chi connectivity index (χ0) is 14.8. The van der Waals surface area contributed by atoms with E-state index in [4.69, 9.17) is 0 Å². The van der Waals surface area contributed by atoms with Crippen LogP contribution in [0.5, 0.6) is 0 Å². The highest BCUT2D eigenvalue weighted by Crippen LogP contribution is 2.23. The van der Waals surface area contributed by atoms with Gasteiger partial charge in [0.1, 0.15) is 11.3 Å². The maximum atomic E-state index is 11.4. The van der Waals surface area contributed by atoms with Crippen LogP contribution >= 0.6 is 11.3 Å². The van der Waals surface area contributed by atoms with Gasteiger partial charge in [-0.2, -0.15) is 11.3 Å². The summed E-state index contributed by atoms with van der Waals surface area (Å²) < 4.78 is 2.13. The number of hydrogen-bond acceptors (Lipinski definition) is 3. The second-order valence-electron chi connectivity index (χ2n) is 4.97. The number of carboxylic acids is 1. The summed E-state index contributed by atoms with van der Waals surface area (Å²) in [7, 11) is 0. The van der Waals surface area contributed by atoms with Crippen molar-refractivity contribution in [3.05, 3.63) is 52.0 Å². The summed E-state index contributed by atoms with van der Waals surface area (Å²) in [6.45, 7) is 2.84. The summed E-state index contributed by atoms with van der Waals surface area (Å²) >= 11 is 1.67. The van der Waals surface area contributed by atoms with Crippen molar-refractivity contribution >= 4 is 28.3 Å². The van der Waals surface area contributed by atoms with Gasteiger partial charge in [-0.1, -0.05) is 13.0 Å². The molecule has 1 aromatic carbocycles. The first-order valence-corrected chi connectivity index (χ1v) is 7.87. The van der Waals surface area contributed by atoms with Gasteiger partial charge in [0, 0.05) is 6.42 Å². The molecule has 0 fully saturated rings. The summed E-state index contributed by atoms with van der Waals surface area (Å²) in [5.41, 5.74) is 2.97. The van der Waals surface area contributed by atoms with Crippen LogP contribution in [0.25, 0.3) is 11.0 Å². The molecule has 1 N–H and O–H groups in total. The first-order valence-electron chi connectivity index (χ1n) is 6.93. The maximum absolute atomic E-state index is 11.4. The van der Waals surface area contributed by atoms with E-state index in [2.05, 4.69) is 33.3 Å². The first kappa shape index (κ1) is 13.8. The minimum atomic E-state index is -0.927. The van der Waals surface area contributed by atoms with Crippen molar-refractivity contribution in [2.24, 2.45) is 0 Å². The number of nitrogens with zero attached hydrogens (tertiary/aromatic N) is 2. The summed E-state index contributed by atoms with van der Waals surface area (Å²) in [6, 6.07) is 7.43. The summed E-state index contributed by atoms with van der Waals surface area (Å²) in [4.78, 5) is 16.0. The Labute approximate surface area is 126 Å². The third-order valence-corrected chi connectivity index (χ3v) is 4.21. The van der Waals surface area contributed by atoms with Crippen molar-refractivity contribution in [1.29, 1.82) is 0 Å². The van der Waals surface area contributed by atoms with Gasteiger partial charge in [-0.05, 0) is 40.9 Å². The number of imidazole rings is 1. The molecular formula is C16H16N2O2S. The number of thiophene rings is 1. The Morgan fingerprint density at radius 2 is 2.24 bits per heavy atom. The van der Waals surface area contributed by atoms with E-state index in [0.717, 1.165) is 30.7 Å². The van der Waals surface area contributed by atoms with Crippen LogP contribution in [0.1, 0.15) is 35.1 Å². The van der Waals surface area contributed by atoms with Crippen LogP contribution in [0, 0.1) is 0 Å². The zero-order valence-electron chi connectivity index (χ0n) is 11.7. The predicted octanol–water partition coefficient (Wildman–Crippen LogP) is 3.80. The molecule has 0 saturated heterocycles. The van der Waals surface area contributed by atoms with E-state index in [-0.39, 0.29) is 5.56 Å². The van der Waals surface area contributed by atoms with Gasteiger partial charge < -0.3 is 9.67 Å². The normalized spacial score (nSPS) is 11.1. The number of hydrogen-bond donors (Lipinski definition) is 1. The molecule has 0 radical (unpaired) electrons. The molecule has 3 aromatic rings. The number of fused-ring (bicyclic) bond motifs is 1. The quantitative estimate of drug-likeness (QED) is 0.780. The van der Waals surface area contributed by atoms with Gasteiger partial charge in [0.25, 0.3) is 0 Å². The molecule has 0 saturated carbocycles. The highest BCUT2D eigenvalue weighted by atomic mass is 32.1. The fourth-order valence-electron chi connectivity index (χ4n) is 2.52. The van der Waals surface area contributed by atoms with Crippen LogP contribution in [0.15, 0.2) is 35.0 Å². The maximum Gasteiger partial charge on any atom is 0.337 e. The Hall–Kier alpha value is -2.14. The zero-order valence-corrected chi connectivity index (χ0v) is 12.6. The third kappa shape index (κ3) is 2.56. The van der Waals surface area contributed by atoms with E-state index >= 15 is 0 Å². The molecule has 5 heteroatoms. The van der Waals surface area contributed by atoms with Crippen molar-refractivity contribution in [2.45, 2.75) is 26.3 Å². The molecule has 0 unspecified atom stereocenters. The first-order chi connectivity index (χ1) is 10.2. The van der Waals surface area contributed by atoms with Gasteiger partial charge in [-0.3, -0.25) is 0 Å². The molecule has 4 nitrogen and oxygen atoms in total. The number of aryl methyl sites for hydroxylation is 1. The number of benzene rings is 1. The number of aromatic nitrogens is 2. The van der Waals surface area contributed by atoms with Crippen molar-refractivity contribution in [3.63, 3.8) is 0 Å². The van der Waals surface area contributed by atoms with Crippen LogP contribution in [-0.2, 0) is 13.0 Å². The van der Waals surface area contributed by atoms with E-state index in [1.165, 1.54) is 5.56 Å². The van der Waals surface area contributed by atoms with Crippen molar-refractivity contribution in [1.82, 2.24) is 9.55 Å². The number of para-hydroxylation sites is 1. The molecule has 21 heavy (non-hydrogen) atoms. The second-order valence-corrected chi connectivity index (χ2v) is 5.75. The lowest BCUT2D eigenvalue weighted by atomic mass is 10.2. The highest BCUT2D eigenvalue weighted by Gasteiger charge is 2.16. The largest absolute Gasteiger partial charge is 0.478 e. The molecule has 2 heterocycles. The summed E-state index contributed by atoms with van der Waals surface area (Å²) in [5, 5.41) is 13.5. The Bertz CT molecular complexity index is 775. The van der Waals surface area contributed by atoms with Gasteiger partial charge in [0.05, 0.1) is 17.6 Å². The fourth-order valence-corrected chi connectivity index (χ4v) is 3.18. The second kappa shape index (κ2) is 5.69. The fraction of sp³-hybridized carbons (Fsp3) is 0.250. The molecule has 108 valence electrons. The Balaban J connectivity index is 2.17. The highest BCUT2D eigenvalue weighted by molar-refractivity contribution is 7.07. The lowest BCUT2D eigenvalue weighted by Crippen LogP contribution is -2.04. The van der Waals surface area contributed by atoms with Gasteiger partial charge >= 0.3 is 5.97 Å². The molecule has 0 aliphatic carbocycles. The van der Waals surface area contributed by atoms with Gasteiger partial charge in [0.2, 0.25) is 0 Å². The van der Waals surface area contributed by atoms with E-state index < -0.39 is 5.97 Å². The summed E-state index contributed by atoms with van der Waals surface area (Å²) in [5.74, 6) is 0.0243. The van der Waals surface area contributed by atoms with Gasteiger partial charge in [0.15, 0.2) is 0 Å². The van der Waals surface area contributed by atoms with E-state index in [0.29, 0.717) is 5.52 Å². The standard InChI is InChI=1S/C16H16N2O2S/c1-2-4-14-17-15-12(16(19)20)5-3-6-13(15)18(14)9-11-7-8-21-10-11/h3,5-8,10H,2,4,9H2,1H3,(H,19,20). The average molecular weight is 300 g/mol. The number of carbonyl (C=O) groups is 1. The summed E-state index contributed by atoms with van der Waals surface area (Å²) in [6.07, 6.45) is 1.83. The van der Waals surface area contributed by atoms with Crippen LogP contribution in [0.4, 0.5) is 0 Å². The number of carboxylic acid groups (broad SMARTS) is 1. The van der Waals surface area contributed by atoms with Crippen LogP contribution in [-0.4, -0.2) is 20.6 Å². The molecule has 0 aliphatic heterocycles. The van der Waals surface area contributed by atoms with Crippen molar-refractivity contribution < 1.29 is 9.90 Å². The number of rotatable bonds is 5. The Kier molecular flexibility index (Phi) is 3.75. The van der Waals surface area contributed by atoms with E-state index in [1.54, 1.807) is 23.5 Å². The van der Waals surface area contributed by atoms with Gasteiger partial charge in [-0.15, -0.1) is 0 Å². The van der Waals surface area contributed by atoms with Crippen molar-refractivity contribution in [3.8, 4) is 0 Å². The molecule has 0 aliphatic rings. The third-order valence-electron chi connectivity index (χ3n) is 3.48. The SMILES string of the molecule is CCCc1nc2c(C(=O)O)cccc2n1Cc1ccsc1. The lowest BCUT2D eigenvalue weighted by molar-refractivity contribution is 0.0699. The molecule has 0 amide bonds. The molecule has 3 rings (SSSR count). The average Bonchev–Trinajstić information content (AvgIpc) is 3.08. The smallest absolute Gasteiger partial charge is 0.337 e. The molecule has 2 aromatic heterocycles. The van der Waals surface area contributed by atoms with Crippen molar-refractivity contribution in [2.75, 3.05) is 0 Å². The minimum Gasteiger partial charge on any atom is -0.478 e. The monoisotopic (exact) mass is 300 g/mol. The molecular weight excluding hydrogens is 284 g/mol. The topological polar surface area (TPSA) is 55.1 Å². The van der Waals surface area contributed by atoms with Crippen LogP contribution < -0.4 is 0 Å². The molecule has 0 spiro atoms. The molecule has 0 bridgehead atoms. The van der Waals surface area contributed by atoms with E-state index in [9.17, 15) is 9.90 Å². The van der Waals surface area contributed by atoms with Crippen LogP contribution in [0.3, 0.4) is 0 Å².